The average molecular weight is 343 g/mol. The zero-order chi connectivity index (χ0) is 18.1. The maximum atomic E-state index is 12.2. The monoisotopic (exact) mass is 343 g/mol. The minimum Gasteiger partial charge on any atom is -0.324 e. The topological polar surface area (TPSA) is 121 Å². The molecule has 130 valence electrons. The Balaban J connectivity index is 1.70. The van der Waals surface area contributed by atoms with Crippen LogP contribution in [0.1, 0.15) is 17.8 Å². The Morgan fingerprint density at radius 3 is 2.80 bits per heavy atom. The van der Waals surface area contributed by atoms with Gasteiger partial charge in [0.2, 0.25) is 5.91 Å². The number of rotatable bonds is 5. The highest BCUT2D eigenvalue weighted by molar-refractivity contribution is 5.94. The Morgan fingerprint density at radius 2 is 2.12 bits per heavy atom. The summed E-state index contributed by atoms with van der Waals surface area (Å²) in [6.45, 7) is 3.95. The second-order valence-corrected chi connectivity index (χ2v) is 5.72. The first kappa shape index (κ1) is 16.6. The highest BCUT2D eigenvalue weighted by atomic mass is 16.6. The highest BCUT2D eigenvalue weighted by Gasteiger charge is 2.13. The Kier molecular flexibility index (Phi) is 4.17. The summed E-state index contributed by atoms with van der Waals surface area (Å²) in [5, 5.41) is 22.5. The summed E-state index contributed by atoms with van der Waals surface area (Å²) in [5.74, 6) is -0.219. The van der Waals surface area contributed by atoms with Crippen molar-refractivity contribution in [3.63, 3.8) is 0 Å². The summed E-state index contributed by atoms with van der Waals surface area (Å²) in [5.41, 5.74) is 2.82. The molecule has 25 heavy (non-hydrogen) atoms. The molecule has 3 aromatic heterocycles. The molecule has 0 aliphatic heterocycles. The van der Waals surface area contributed by atoms with Crippen LogP contribution < -0.4 is 5.32 Å². The molecule has 0 aliphatic carbocycles. The first-order valence-electron chi connectivity index (χ1n) is 7.63. The number of carbonyl (C=O) groups excluding carboxylic acids is 1. The molecule has 0 saturated carbocycles. The summed E-state index contributed by atoms with van der Waals surface area (Å²) in [4.78, 5) is 26.8. The Bertz CT molecular complexity index is 973. The molecule has 0 aliphatic rings. The molecule has 3 rings (SSSR count). The zero-order valence-electron chi connectivity index (χ0n) is 14.1. The fourth-order valence-corrected chi connectivity index (χ4v) is 2.56. The minimum atomic E-state index is -0.524. The molecule has 0 spiro atoms. The third-order valence-electron chi connectivity index (χ3n) is 3.86. The van der Waals surface area contributed by atoms with Crippen LogP contribution in [0.2, 0.25) is 0 Å². The maximum Gasteiger partial charge on any atom is 0.306 e. The average Bonchev–Trinajstić information content (AvgIpc) is 3.12. The normalized spacial score (nSPS) is 11.0. The van der Waals surface area contributed by atoms with E-state index in [0.717, 1.165) is 22.9 Å². The van der Waals surface area contributed by atoms with Crippen molar-refractivity contribution in [2.75, 3.05) is 5.32 Å². The van der Waals surface area contributed by atoms with Crippen LogP contribution in [0.25, 0.3) is 11.0 Å². The third-order valence-corrected chi connectivity index (χ3v) is 3.86. The standard InChI is InChI=1S/C15H17N7O3/c1-9-12-6-13(10(2)17-15(12)20(3)19-9)18-14(23)4-5-21-8-11(7-16-21)22(24)25/h6-8H,4-5H2,1-3H3,(H,18,23). The molecule has 1 amide bonds. The molecule has 3 heterocycles. The summed E-state index contributed by atoms with van der Waals surface area (Å²) >= 11 is 0. The van der Waals surface area contributed by atoms with Crippen molar-refractivity contribution < 1.29 is 9.72 Å². The first-order valence-corrected chi connectivity index (χ1v) is 7.63. The van der Waals surface area contributed by atoms with Crippen molar-refractivity contribution in [3.8, 4) is 0 Å². The van der Waals surface area contributed by atoms with E-state index in [1.54, 1.807) is 4.68 Å². The predicted octanol–water partition coefficient (Wildman–Crippen LogP) is 1.72. The van der Waals surface area contributed by atoms with Crippen molar-refractivity contribution in [1.82, 2.24) is 24.5 Å². The maximum absolute atomic E-state index is 12.2. The van der Waals surface area contributed by atoms with Gasteiger partial charge in [0, 0.05) is 25.4 Å². The van der Waals surface area contributed by atoms with Crippen molar-refractivity contribution in [1.29, 1.82) is 0 Å². The number of anilines is 1. The van der Waals surface area contributed by atoms with Gasteiger partial charge in [0.25, 0.3) is 0 Å². The van der Waals surface area contributed by atoms with Crippen LogP contribution in [-0.2, 0) is 18.4 Å². The van der Waals surface area contributed by atoms with Crippen molar-refractivity contribution in [3.05, 3.63) is 40.0 Å². The van der Waals surface area contributed by atoms with E-state index in [2.05, 4.69) is 20.5 Å². The number of carbonyl (C=O) groups is 1. The van der Waals surface area contributed by atoms with Crippen LogP contribution in [0.15, 0.2) is 18.5 Å². The number of hydrogen-bond acceptors (Lipinski definition) is 6. The van der Waals surface area contributed by atoms with E-state index < -0.39 is 4.92 Å². The summed E-state index contributed by atoms with van der Waals surface area (Å²) in [6, 6.07) is 1.86. The number of aryl methyl sites for hydroxylation is 4. The molecule has 0 unspecified atom stereocenters. The van der Waals surface area contributed by atoms with Gasteiger partial charge in [-0.1, -0.05) is 0 Å². The largest absolute Gasteiger partial charge is 0.324 e. The second kappa shape index (κ2) is 6.30. The van der Waals surface area contributed by atoms with E-state index in [1.165, 1.54) is 10.9 Å². The van der Waals surface area contributed by atoms with Gasteiger partial charge in [-0.15, -0.1) is 0 Å². The quantitative estimate of drug-likeness (QED) is 0.556. The molecule has 0 radical (unpaired) electrons. The van der Waals surface area contributed by atoms with E-state index in [4.69, 9.17) is 0 Å². The van der Waals surface area contributed by atoms with Gasteiger partial charge in [0.15, 0.2) is 5.65 Å². The van der Waals surface area contributed by atoms with Gasteiger partial charge in [0.1, 0.15) is 12.4 Å². The molecule has 0 fully saturated rings. The van der Waals surface area contributed by atoms with Crippen molar-refractivity contribution >= 4 is 28.3 Å². The van der Waals surface area contributed by atoms with Crippen molar-refractivity contribution in [2.45, 2.75) is 26.8 Å². The lowest BCUT2D eigenvalue weighted by Crippen LogP contribution is -2.15. The first-order chi connectivity index (χ1) is 11.8. The fraction of sp³-hybridized carbons (Fsp3) is 0.333. The third kappa shape index (κ3) is 3.32. The van der Waals surface area contributed by atoms with Crippen LogP contribution in [-0.4, -0.2) is 35.4 Å². The number of nitro groups is 1. The van der Waals surface area contributed by atoms with Gasteiger partial charge in [-0.2, -0.15) is 10.2 Å². The van der Waals surface area contributed by atoms with Crippen LogP contribution in [0.3, 0.4) is 0 Å². The van der Waals surface area contributed by atoms with E-state index in [9.17, 15) is 14.9 Å². The number of nitrogens with zero attached hydrogens (tertiary/aromatic N) is 6. The smallest absolute Gasteiger partial charge is 0.306 e. The van der Waals surface area contributed by atoms with E-state index >= 15 is 0 Å². The molecule has 0 atom stereocenters. The Hall–Kier alpha value is -3.30. The lowest BCUT2D eigenvalue weighted by molar-refractivity contribution is -0.385. The van der Waals surface area contributed by atoms with E-state index in [0.29, 0.717) is 11.4 Å². The molecule has 1 N–H and O–H groups in total. The van der Waals surface area contributed by atoms with Gasteiger partial charge >= 0.3 is 5.69 Å². The lowest BCUT2D eigenvalue weighted by atomic mass is 10.2. The zero-order valence-corrected chi connectivity index (χ0v) is 14.1. The second-order valence-electron chi connectivity index (χ2n) is 5.72. The highest BCUT2D eigenvalue weighted by Crippen LogP contribution is 2.22. The van der Waals surface area contributed by atoms with Crippen LogP contribution >= 0.6 is 0 Å². The molecule has 3 aromatic rings. The molecule has 0 bridgehead atoms. The molecular formula is C15H17N7O3. The number of pyridine rings is 1. The van der Waals surface area contributed by atoms with E-state index in [-0.39, 0.29) is 24.6 Å². The number of hydrogen-bond donors (Lipinski definition) is 1. The SMILES string of the molecule is Cc1nc2c(cc1NC(=O)CCn1cc([N+](=O)[O-])cn1)c(C)nn2C. The lowest BCUT2D eigenvalue weighted by Gasteiger charge is -2.08. The molecule has 10 nitrogen and oxygen atoms in total. The molecule has 0 saturated heterocycles. The van der Waals surface area contributed by atoms with Crippen molar-refractivity contribution in [2.24, 2.45) is 7.05 Å². The minimum absolute atomic E-state index is 0.0991. The van der Waals surface area contributed by atoms with Gasteiger partial charge in [-0.25, -0.2) is 4.98 Å². The molecular weight excluding hydrogens is 326 g/mol. The van der Waals surface area contributed by atoms with Gasteiger partial charge in [-0.05, 0) is 19.9 Å². The number of aromatic nitrogens is 5. The predicted molar refractivity (Wildman–Crippen MR) is 90.1 cm³/mol. The van der Waals surface area contributed by atoms with Gasteiger partial charge < -0.3 is 5.32 Å². The molecule has 0 aromatic carbocycles. The van der Waals surface area contributed by atoms with Crippen LogP contribution in [0, 0.1) is 24.0 Å². The Morgan fingerprint density at radius 1 is 1.36 bits per heavy atom. The number of nitrogens with one attached hydrogen (secondary N) is 1. The summed E-state index contributed by atoms with van der Waals surface area (Å²) < 4.78 is 3.07. The molecule has 10 heteroatoms. The van der Waals surface area contributed by atoms with Crippen LogP contribution in [0.4, 0.5) is 11.4 Å². The van der Waals surface area contributed by atoms with E-state index in [1.807, 2.05) is 27.0 Å². The fourth-order valence-electron chi connectivity index (χ4n) is 2.56. The summed E-state index contributed by atoms with van der Waals surface area (Å²) in [7, 11) is 1.82. The Labute approximate surface area is 142 Å². The van der Waals surface area contributed by atoms with Gasteiger partial charge in [0.05, 0.1) is 22.0 Å². The number of amides is 1. The number of fused-ring (bicyclic) bond motifs is 1. The van der Waals surface area contributed by atoms with Crippen LogP contribution in [0.5, 0.6) is 0 Å². The van der Waals surface area contributed by atoms with Gasteiger partial charge in [-0.3, -0.25) is 24.3 Å². The summed E-state index contributed by atoms with van der Waals surface area (Å²) in [6.07, 6.45) is 2.60.